The number of hydrogen-bond donors (Lipinski definition) is 2. The van der Waals surface area contributed by atoms with Crippen molar-refractivity contribution in [3.8, 4) is 0 Å². The van der Waals surface area contributed by atoms with Gasteiger partial charge in [-0.1, -0.05) is 6.07 Å². The van der Waals surface area contributed by atoms with E-state index in [1.54, 1.807) is 23.4 Å². The molecule has 0 bridgehead atoms. The van der Waals surface area contributed by atoms with E-state index in [-0.39, 0.29) is 0 Å². The Morgan fingerprint density at radius 2 is 2.39 bits per heavy atom. The molecule has 4 nitrogen and oxygen atoms in total. The predicted molar refractivity (Wildman–Crippen MR) is 83.7 cm³/mol. The largest absolute Gasteiger partial charge is 0.383 e. The summed E-state index contributed by atoms with van der Waals surface area (Å²) in [5.74, 6) is 0.504. The third-order valence-electron chi connectivity index (χ3n) is 2.07. The third-order valence-corrected chi connectivity index (χ3v) is 4.55. The number of nitrogens with one attached hydrogen (secondary N) is 1. The number of thioether (sulfide) groups is 1. The number of hydrogen-bond acceptors (Lipinski definition) is 6. The van der Waals surface area contributed by atoms with Crippen molar-refractivity contribution in [3.05, 3.63) is 33.6 Å². The van der Waals surface area contributed by atoms with Crippen molar-refractivity contribution >= 4 is 56.2 Å². The summed E-state index contributed by atoms with van der Waals surface area (Å²) in [6.07, 6.45) is 3.79. The van der Waals surface area contributed by atoms with Crippen LogP contribution in [0.25, 0.3) is 0 Å². The number of nitrogens with zero attached hydrogens (tertiary/aromatic N) is 2. The molecule has 3 N–H and O–H groups in total. The second-order valence-electron chi connectivity index (χ2n) is 3.34. The molecule has 1 aromatic heterocycles. The number of benzene rings is 1. The first kappa shape index (κ1) is 13.4. The van der Waals surface area contributed by atoms with E-state index < -0.39 is 0 Å². The van der Waals surface area contributed by atoms with Crippen LogP contribution in [-0.2, 0) is 0 Å². The SMILES string of the molecule is CSc1ccc(C=NNc2nc(N)cs2)cc1Br. The van der Waals surface area contributed by atoms with Gasteiger partial charge in [0.15, 0.2) is 0 Å². The molecule has 0 saturated heterocycles. The summed E-state index contributed by atoms with van der Waals surface area (Å²) < 4.78 is 1.07. The second kappa shape index (κ2) is 6.21. The summed E-state index contributed by atoms with van der Waals surface area (Å²) >= 11 is 6.64. The van der Waals surface area contributed by atoms with Gasteiger partial charge in [-0.15, -0.1) is 23.1 Å². The van der Waals surface area contributed by atoms with Gasteiger partial charge in [-0.25, -0.2) is 4.98 Å². The summed E-state index contributed by atoms with van der Waals surface area (Å²) in [6.45, 7) is 0. The summed E-state index contributed by atoms with van der Waals surface area (Å²) in [4.78, 5) is 5.25. The van der Waals surface area contributed by atoms with Crippen LogP contribution in [-0.4, -0.2) is 17.5 Å². The predicted octanol–water partition coefficient (Wildman–Crippen LogP) is 3.66. The van der Waals surface area contributed by atoms with Crippen LogP contribution in [0, 0.1) is 0 Å². The molecular weight excluding hydrogens is 332 g/mol. The highest BCUT2D eigenvalue weighted by molar-refractivity contribution is 9.10. The summed E-state index contributed by atoms with van der Waals surface area (Å²) in [5, 5.41) is 6.56. The standard InChI is InChI=1S/C11H11BrN4S2/c1-17-9-3-2-7(4-8(9)12)5-14-16-11-15-10(13)6-18-11/h2-6H,13H2,1H3,(H,15,16). The summed E-state index contributed by atoms with van der Waals surface area (Å²) in [7, 11) is 0. The molecule has 0 radical (unpaired) electrons. The number of anilines is 2. The molecule has 94 valence electrons. The number of thiazole rings is 1. The zero-order valence-electron chi connectivity index (χ0n) is 9.55. The van der Waals surface area contributed by atoms with E-state index in [0.717, 1.165) is 10.0 Å². The molecule has 0 aliphatic carbocycles. The van der Waals surface area contributed by atoms with Crippen LogP contribution < -0.4 is 11.2 Å². The van der Waals surface area contributed by atoms with Crippen LogP contribution in [0.5, 0.6) is 0 Å². The van der Waals surface area contributed by atoms with Crippen molar-refractivity contribution in [3.63, 3.8) is 0 Å². The Hall–Kier alpha value is -1.05. The summed E-state index contributed by atoms with van der Waals surface area (Å²) in [5.41, 5.74) is 9.36. The lowest BCUT2D eigenvalue weighted by Gasteiger charge is -2.01. The Morgan fingerprint density at radius 3 is 3.00 bits per heavy atom. The zero-order chi connectivity index (χ0) is 13.0. The second-order valence-corrected chi connectivity index (χ2v) is 5.90. The van der Waals surface area contributed by atoms with Crippen LogP contribution in [0.4, 0.5) is 10.9 Å². The fourth-order valence-electron chi connectivity index (χ4n) is 1.26. The maximum atomic E-state index is 5.51. The number of aromatic nitrogens is 1. The van der Waals surface area contributed by atoms with Crippen molar-refractivity contribution in [2.75, 3.05) is 17.4 Å². The van der Waals surface area contributed by atoms with Crippen LogP contribution in [0.15, 0.2) is 38.0 Å². The van der Waals surface area contributed by atoms with Gasteiger partial charge in [-0.3, -0.25) is 5.43 Å². The first-order valence-electron chi connectivity index (χ1n) is 5.02. The van der Waals surface area contributed by atoms with Gasteiger partial charge in [0.05, 0.1) is 6.21 Å². The highest BCUT2D eigenvalue weighted by atomic mass is 79.9. The summed E-state index contributed by atoms with van der Waals surface area (Å²) in [6, 6.07) is 6.09. The molecule has 0 aliphatic rings. The highest BCUT2D eigenvalue weighted by Crippen LogP contribution is 2.26. The maximum absolute atomic E-state index is 5.51. The van der Waals surface area contributed by atoms with Crippen LogP contribution in [0.3, 0.4) is 0 Å². The molecule has 1 heterocycles. The highest BCUT2D eigenvalue weighted by Gasteiger charge is 1.99. The average molecular weight is 343 g/mol. The van der Waals surface area contributed by atoms with E-state index in [9.17, 15) is 0 Å². The number of nitrogen functional groups attached to an aromatic ring is 1. The molecule has 0 aliphatic heterocycles. The van der Waals surface area contributed by atoms with Gasteiger partial charge < -0.3 is 5.73 Å². The van der Waals surface area contributed by atoms with Gasteiger partial charge in [0.2, 0.25) is 5.13 Å². The van der Waals surface area contributed by atoms with Crippen molar-refractivity contribution in [1.82, 2.24) is 4.98 Å². The smallest absolute Gasteiger partial charge is 0.205 e. The number of halogens is 1. The van der Waals surface area contributed by atoms with E-state index >= 15 is 0 Å². The van der Waals surface area contributed by atoms with Crippen molar-refractivity contribution in [2.24, 2.45) is 5.10 Å². The molecule has 2 aromatic rings. The van der Waals surface area contributed by atoms with E-state index in [2.05, 4.69) is 37.5 Å². The molecular formula is C11H11BrN4S2. The van der Waals surface area contributed by atoms with Crippen molar-refractivity contribution < 1.29 is 0 Å². The Kier molecular flexibility index (Phi) is 4.62. The third kappa shape index (κ3) is 3.47. The van der Waals surface area contributed by atoms with Gasteiger partial charge in [-0.2, -0.15) is 5.10 Å². The molecule has 18 heavy (non-hydrogen) atoms. The number of rotatable bonds is 4. The molecule has 0 fully saturated rings. The molecule has 0 spiro atoms. The average Bonchev–Trinajstić information content (AvgIpc) is 2.75. The molecule has 0 atom stereocenters. The fourth-order valence-corrected chi connectivity index (χ4v) is 3.15. The Labute approximate surface area is 122 Å². The molecule has 1 aromatic carbocycles. The minimum absolute atomic E-state index is 0.504. The van der Waals surface area contributed by atoms with Gasteiger partial charge in [-0.05, 0) is 39.9 Å². The van der Waals surface area contributed by atoms with E-state index in [4.69, 9.17) is 5.73 Å². The lowest BCUT2D eigenvalue weighted by molar-refractivity contribution is 1.29. The Bertz CT molecular complexity index is 568. The van der Waals surface area contributed by atoms with Gasteiger partial charge in [0, 0.05) is 14.7 Å². The molecule has 0 saturated carbocycles. The minimum Gasteiger partial charge on any atom is -0.383 e. The van der Waals surface area contributed by atoms with Crippen LogP contribution in [0.2, 0.25) is 0 Å². The lowest BCUT2D eigenvalue weighted by Crippen LogP contribution is -1.91. The van der Waals surface area contributed by atoms with Crippen LogP contribution >= 0.6 is 39.0 Å². The van der Waals surface area contributed by atoms with Gasteiger partial charge in [0.25, 0.3) is 0 Å². The normalized spacial score (nSPS) is 11.0. The molecule has 7 heteroatoms. The van der Waals surface area contributed by atoms with Gasteiger partial charge in [0.1, 0.15) is 5.82 Å². The zero-order valence-corrected chi connectivity index (χ0v) is 12.8. The first-order valence-corrected chi connectivity index (χ1v) is 7.92. The first-order chi connectivity index (χ1) is 8.69. The monoisotopic (exact) mass is 342 g/mol. The molecule has 0 amide bonds. The number of hydrazone groups is 1. The van der Waals surface area contributed by atoms with Gasteiger partial charge >= 0.3 is 0 Å². The maximum Gasteiger partial charge on any atom is 0.205 e. The van der Waals surface area contributed by atoms with E-state index in [1.165, 1.54) is 16.2 Å². The Morgan fingerprint density at radius 1 is 1.56 bits per heavy atom. The minimum atomic E-state index is 0.504. The number of nitrogens with two attached hydrogens (primary N) is 1. The van der Waals surface area contributed by atoms with Crippen molar-refractivity contribution in [1.29, 1.82) is 0 Å². The van der Waals surface area contributed by atoms with E-state index in [0.29, 0.717) is 10.9 Å². The van der Waals surface area contributed by atoms with Crippen LogP contribution in [0.1, 0.15) is 5.56 Å². The van der Waals surface area contributed by atoms with E-state index in [1.807, 2.05) is 18.4 Å². The quantitative estimate of drug-likeness (QED) is 0.505. The lowest BCUT2D eigenvalue weighted by atomic mass is 10.2. The fraction of sp³-hybridized carbons (Fsp3) is 0.0909. The van der Waals surface area contributed by atoms with Crippen molar-refractivity contribution in [2.45, 2.75) is 4.90 Å². The Balaban J connectivity index is 2.03. The topological polar surface area (TPSA) is 63.3 Å². The molecule has 0 unspecified atom stereocenters. The molecule has 2 rings (SSSR count).